The molecule has 0 heterocycles. The van der Waals surface area contributed by atoms with Crippen molar-refractivity contribution in [3.63, 3.8) is 0 Å². The molecule has 78 valence electrons. The third-order valence-corrected chi connectivity index (χ3v) is 2.48. The van der Waals surface area contributed by atoms with Crippen LogP contribution in [0.4, 0.5) is 0 Å². The molecule has 0 unspecified atom stereocenters. The second kappa shape index (κ2) is 6.44. The van der Waals surface area contributed by atoms with Crippen LogP contribution in [0, 0.1) is 0 Å². The van der Waals surface area contributed by atoms with Crippen LogP contribution in [0.3, 0.4) is 0 Å². The second-order valence-corrected chi connectivity index (χ2v) is 5.33. The molecule has 13 heavy (non-hydrogen) atoms. The predicted octanol–water partition coefficient (Wildman–Crippen LogP) is 2.43. The summed E-state index contributed by atoms with van der Waals surface area (Å²) in [5, 5.41) is 3.43. The van der Waals surface area contributed by atoms with Gasteiger partial charge in [0.25, 0.3) is 0 Å². The molecule has 0 fully saturated rings. The fourth-order valence-corrected chi connectivity index (χ4v) is 1.55. The molecule has 0 saturated carbocycles. The molecule has 0 aliphatic carbocycles. The molecule has 0 aliphatic rings. The Hall–Kier alpha value is -0.0200. The van der Waals surface area contributed by atoms with E-state index < -0.39 is 0 Å². The molecule has 0 amide bonds. The molecule has 0 atom stereocenters. The molecule has 0 aromatic rings. The summed E-state index contributed by atoms with van der Waals surface area (Å²) in [7, 11) is 0. The molecule has 0 aromatic carbocycles. The number of hydrogen-bond acceptors (Lipinski definition) is 3. The van der Waals surface area contributed by atoms with Crippen molar-refractivity contribution in [2.24, 2.45) is 0 Å². The number of thioether (sulfide) groups is 1. The maximum absolute atomic E-state index is 11.3. The van der Waals surface area contributed by atoms with Gasteiger partial charge in [-0.25, -0.2) is 0 Å². The van der Waals surface area contributed by atoms with Gasteiger partial charge in [-0.1, -0.05) is 25.1 Å². The van der Waals surface area contributed by atoms with E-state index in [1.54, 1.807) is 0 Å². The zero-order valence-corrected chi connectivity index (χ0v) is 9.96. The Morgan fingerprint density at radius 1 is 1.38 bits per heavy atom. The molecule has 3 heteroatoms. The maximum atomic E-state index is 11.3. The zero-order valence-electron chi connectivity index (χ0n) is 9.14. The molecule has 1 N–H and O–H groups in total. The standard InChI is InChI=1S/C10H21NOS/c1-5-6-7-13-9(12)8-11-10(2,3)4/h11H,5-8H2,1-4H3. The smallest absolute Gasteiger partial charge is 0.202 e. The minimum atomic E-state index is 0.0426. The molecule has 0 saturated heterocycles. The van der Waals surface area contributed by atoms with Crippen LogP contribution in [0.15, 0.2) is 0 Å². The molecule has 0 bridgehead atoms. The summed E-state index contributed by atoms with van der Waals surface area (Å²) in [6.45, 7) is 8.82. The molecule has 0 radical (unpaired) electrons. The highest BCUT2D eigenvalue weighted by Gasteiger charge is 2.10. The van der Waals surface area contributed by atoms with Gasteiger partial charge in [-0.15, -0.1) is 0 Å². The van der Waals surface area contributed by atoms with E-state index in [2.05, 4.69) is 33.0 Å². The van der Waals surface area contributed by atoms with Crippen molar-refractivity contribution < 1.29 is 4.79 Å². The van der Waals surface area contributed by atoms with Gasteiger partial charge in [-0.05, 0) is 27.2 Å². The highest BCUT2D eigenvalue weighted by atomic mass is 32.2. The quantitative estimate of drug-likeness (QED) is 0.696. The SMILES string of the molecule is CCCCSC(=O)CNC(C)(C)C. The number of hydrogen-bond donors (Lipinski definition) is 1. The fourth-order valence-electron chi connectivity index (χ4n) is 0.719. The van der Waals surface area contributed by atoms with Crippen LogP contribution < -0.4 is 5.32 Å². The first kappa shape index (κ1) is 13.0. The second-order valence-electron chi connectivity index (χ2n) is 4.18. The average Bonchev–Trinajstić information content (AvgIpc) is 2.00. The van der Waals surface area contributed by atoms with Crippen molar-refractivity contribution in [3.05, 3.63) is 0 Å². The van der Waals surface area contributed by atoms with Crippen molar-refractivity contribution in [2.45, 2.75) is 46.1 Å². The van der Waals surface area contributed by atoms with Crippen LogP contribution in [-0.4, -0.2) is 23.0 Å². The molecular weight excluding hydrogens is 182 g/mol. The fraction of sp³-hybridized carbons (Fsp3) is 0.900. The lowest BCUT2D eigenvalue weighted by atomic mass is 10.1. The average molecular weight is 203 g/mol. The number of carbonyl (C=O) groups excluding carboxylic acids is 1. The Labute approximate surface area is 85.9 Å². The Kier molecular flexibility index (Phi) is 6.43. The van der Waals surface area contributed by atoms with Gasteiger partial charge >= 0.3 is 0 Å². The van der Waals surface area contributed by atoms with E-state index in [4.69, 9.17) is 0 Å². The topological polar surface area (TPSA) is 29.1 Å². The molecule has 0 spiro atoms. The first-order valence-electron chi connectivity index (χ1n) is 4.86. The van der Waals surface area contributed by atoms with Gasteiger partial charge in [0.2, 0.25) is 5.12 Å². The van der Waals surface area contributed by atoms with Crippen molar-refractivity contribution in [2.75, 3.05) is 12.3 Å². The van der Waals surface area contributed by atoms with Crippen molar-refractivity contribution in [1.82, 2.24) is 5.32 Å². The Bertz CT molecular complexity index is 151. The monoisotopic (exact) mass is 203 g/mol. The number of carbonyl (C=O) groups is 1. The molecule has 0 aliphatic heterocycles. The summed E-state index contributed by atoms with van der Waals surface area (Å²) < 4.78 is 0. The minimum absolute atomic E-state index is 0.0426. The lowest BCUT2D eigenvalue weighted by Crippen LogP contribution is -2.38. The van der Waals surface area contributed by atoms with Crippen molar-refractivity contribution in [3.8, 4) is 0 Å². The lowest BCUT2D eigenvalue weighted by molar-refractivity contribution is -0.110. The van der Waals surface area contributed by atoms with Gasteiger partial charge in [-0.3, -0.25) is 4.79 Å². The van der Waals surface area contributed by atoms with Crippen LogP contribution in [0.1, 0.15) is 40.5 Å². The summed E-state index contributed by atoms with van der Waals surface area (Å²) in [5.74, 6) is 0.959. The third kappa shape index (κ3) is 9.90. The first-order valence-corrected chi connectivity index (χ1v) is 5.85. The summed E-state index contributed by atoms with van der Waals surface area (Å²) >= 11 is 1.44. The molecular formula is C10H21NOS. The van der Waals surface area contributed by atoms with Gasteiger partial charge in [0.15, 0.2) is 0 Å². The normalized spacial score (nSPS) is 11.7. The molecule has 2 nitrogen and oxygen atoms in total. The minimum Gasteiger partial charge on any atom is -0.305 e. The van der Waals surface area contributed by atoms with Crippen LogP contribution in [0.2, 0.25) is 0 Å². The number of nitrogens with one attached hydrogen (secondary N) is 1. The summed E-state index contributed by atoms with van der Waals surface area (Å²) in [6.07, 6.45) is 2.29. The van der Waals surface area contributed by atoms with Crippen LogP contribution in [-0.2, 0) is 4.79 Å². The highest BCUT2D eigenvalue weighted by Crippen LogP contribution is 2.06. The Morgan fingerprint density at radius 2 is 2.00 bits per heavy atom. The van der Waals surface area contributed by atoms with E-state index in [0.29, 0.717) is 6.54 Å². The van der Waals surface area contributed by atoms with E-state index in [9.17, 15) is 4.79 Å². The lowest BCUT2D eigenvalue weighted by Gasteiger charge is -2.19. The molecule has 0 aromatic heterocycles. The summed E-state index contributed by atoms with van der Waals surface area (Å²) in [6, 6.07) is 0. The van der Waals surface area contributed by atoms with Crippen molar-refractivity contribution in [1.29, 1.82) is 0 Å². The summed E-state index contributed by atoms with van der Waals surface area (Å²) in [5.41, 5.74) is 0.0426. The molecule has 0 rings (SSSR count). The van der Waals surface area contributed by atoms with Gasteiger partial charge in [0.1, 0.15) is 0 Å². The Morgan fingerprint density at radius 3 is 2.46 bits per heavy atom. The van der Waals surface area contributed by atoms with Gasteiger partial charge < -0.3 is 5.32 Å². The summed E-state index contributed by atoms with van der Waals surface area (Å²) in [4.78, 5) is 11.3. The number of unbranched alkanes of at least 4 members (excludes halogenated alkanes) is 1. The van der Waals surface area contributed by atoms with Crippen LogP contribution in [0.5, 0.6) is 0 Å². The maximum Gasteiger partial charge on any atom is 0.202 e. The van der Waals surface area contributed by atoms with Crippen molar-refractivity contribution >= 4 is 16.9 Å². The van der Waals surface area contributed by atoms with Gasteiger partial charge in [0, 0.05) is 11.3 Å². The Balaban J connectivity index is 3.41. The highest BCUT2D eigenvalue weighted by molar-refractivity contribution is 8.13. The van der Waals surface area contributed by atoms with E-state index in [0.717, 1.165) is 18.6 Å². The number of rotatable bonds is 5. The zero-order chi connectivity index (χ0) is 10.3. The third-order valence-electron chi connectivity index (χ3n) is 1.52. The van der Waals surface area contributed by atoms with Crippen LogP contribution >= 0.6 is 11.8 Å². The largest absolute Gasteiger partial charge is 0.305 e. The predicted molar refractivity (Wildman–Crippen MR) is 60.1 cm³/mol. The van der Waals surface area contributed by atoms with Gasteiger partial charge in [0.05, 0.1) is 6.54 Å². The van der Waals surface area contributed by atoms with E-state index >= 15 is 0 Å². The van der Waals surface area contributed by atoms with Crippen LogP contribution in [0.25, 0.3) is 0 Å². The van der Waals surface area contributed by atoms with E-state index in [-0.39, 0.29) is 10.7 Å². The van der Waals surface area contributed by atoms with E-state index in [1.807, 2.05) is 0 Å². The van der Waals surface area contributed by atoms with Gasteiger partial charge in [-0.2, -0.15) is 0 Å². The van der Waals surface area contributed by atoms with E-state index in [1.165, 1.54) is 11.8 Å². The first-order chi connectivity index (χ1) is 5.95.